The molecule has 0 saturated heterocycles. The van der Waals surface area contributed by atoms with E-state index >= 15 is 0 Å². The van der Waals surface area contributed by atoms with Crippen LogP contribution in [0.4, 0.5) is 0 Å². The molecule has 0 saturated carbocycles. The quantitative estimate of drug-likeness (QED) is 0.778. The molecule has 0 radical (unpaired) electrons. The molecule has 84 valence electrons. The molecule has 2 nitrogen and oxygen atoms in total. The van der Waals surface area contributed by atoms with E-state index in [4.69, 9.17) is 10.5 Å². The highest BCUT2D eigenvalue weighted by atomic mass is 16.5. The Kier molecular flexibility index (Phi) is 4.63. The first kappa shape index (κ1) is 12.1. The highest BCUT2D eigenvalue weighted by molar-refractivity contribution is 5.20. The summed E-state index contributed by atoms with van der Waals surface area (Å²) in [5.74, 6) is 0.923. The Balaban J connectivity index is 2.33. The number of benzene rings is 1. The van der Waals surface area contributed by atoms with Crippen LogP contribution in [-0.2, 0) is 0 Å². The number of hydrogen-bond acceptors (Lipinski definition) is 2. The zero-order valence-corrected chi connectivity index (χ0v) is 9.70. The van der Waals surface area contributed by atoms with Crippen molar-refractivity contribution in [3.63, 3.8) is 0 Å². The van der Waals surface area contributed by atoms with E-state index < -0.39 is 0 Å². The Hall–Kier alpha value is -1.02. The Morgan fingerprint density at radius 3 is 2.27 bits per heavy atom. The van der Waals surface area contributed by atoms with Gasteiger partial charge in [-0.2, -0.15) is 0 Å². The van der Waals surface area contributed by atoms with Crippen LogP contribution in [0.3, 0.4) is 0 Å². The summed E-state index contributed by atoms with van der Waals surface area (Å²) in [5.41, 5.74) is 6.12. The second-order valence-corrected chi connectivity index (χ2v) is 3.98. The third-order valence-electron chi connectivity index (χ3n) is 3.02. The molecule has 0 spiro atoms. The maximum Gasteiger partial charge on any atom is 0.119 e. The SMILES string of the molecule is CCC(N)(CC)CCOc1ccccc1. The minimum absolute atomic E-state index is 0.0607. The molecule has 15 heavy (non-hydrogen) atoms. The molecule has 2 N–H and O–H groups in total. The van der Waals surface area contributed by atoms with Crippen LogP contribution in [-0.4, -0.2) is 12.1 Å². The van der Waals surface area contributed by atoms with Crippen molar-refractivity contribution in [1.29, 1.82) is 0 Å². The van der Waals surface area contributed by atoms with E-state index in [2.05, 4.69) is 13.8 Å². The van der Waals surface area contributed by atoms with Gasteiger partial charge in [0.2, 0.25) is 0 Å². The summed E-state index contributed by atoms with van der Waals surface area (Å²) in [4.78, 5) is 0. The van der Waals surface area contributed by atoms with Crippen LogP contribution in [0.15, 0.2) is 30.3 Å². The molecule has 0 aromatic heterocycles. The maximum absolute atomic E-state index is 6.18. The second kappa shape index (κ2) is 5.76. The zero-order chi connectivity index (χ0) is 11.1. The lowest BCUT2D eigenvalue weighted by Gasteiger charge is -2.26. The van der Waals surface area contributed by atoms with Crippen LogP contribution >= 0.6 is 0 Å². The van der Waals surface area contributed by atoms with Crippen molar-refractivity contribution in [3.8, 4) is 5.75 Å². The Morgan fingerprint density at radius 1 is 1.13 bits per heavy atom. The molecule has 1 rings (SSSR count). The summed E-state index contributed by atoms with van der Waals surface area (Å²) >= 11 is 0. The predicted molar refractivity (Wildman–Crippen MR) is 64.1 cm³/mol. The van der Waals surface area contributed by atoms with Gasteiger partial charge in [0.15, 0.2) is 0 Å². The standard InChI is InChI=1S/C13H21NO/c1-3-13(14,4-2)10-11-15-12-8-6-5-7-9-12/h5-9H,3-4,10-11,14H2,1-2H3. The molecule has 0 atom stereocenters. The fourth-order valence-electron chi connectivity index (χ4n) is 1.49. The number of ether oxygens (including phenoxy) is 1. The zero-order valence-electron chi connectivity index (χ0n) is 9.70. The summed E-state index contributed by atoms with van der Waals surface area (Å²) in [6, 6.07) is 9.87. The van der Waals surface area contributed by atoms with Gasteiger partial charge in [-0.1, -0.05) is 32.0 Å². The molecular formula is C13H21NO. The fourth-order valence-corrected chi connectivity index (χ4v) is 1.49. The maximum atomic E-state index is 6.18. The summed E-state index contributed by atoms with van der Waals surface area (Å²) in [6.07, 6.45) is 2.91. The number of hydrogen-bond donors (Lipinski definition) is 1. The largest absolute Gasteiger partial charge is 0.494 e. The Bertz CT molecular complexity index is 267. The minimum Gasteiger partial charge on any atom is -0.494 e. The Morgan fingerprint density at radius 2 is 1.73 bits per heavy atom. The van der Waals surface area contributed by atoms with Gasteiger partial charge < -0.3 is 10.5 Å². The average molecular weight is 207 g/mol. The lowest BCUT2D eigenvalue weighted by molar-refractivity contribution is 0.247. The van der Waals surface area contributed by atoms with Gasteiger partial charge in [0.1, 0.15) is 5.75 Å². The van der Waals surface area contributed by atoms with E-state index in [9.17, 15) is 0 Å². The van der Waals surface area contributed by atoms with Gasteiger partial charge in [0, 0.05) is 5.54 Å². The van der Waals surface area contributed by atoms with Crippen molar-refractivity contribution in [2.75, 3.05) is 6.61 Å². The molecule has 0 aliphatic heterocycles. The molecule has 0 aliphatic carbocycles. The molecule has 0 amide bonds. The van der Waals surface area contributed by atoms with Crippen molar-refractivity contribution >= 4 is 0 Å². The third kappa shape index (κ3) is 3.92. The molecule has 1 aromatic rings. The molecular weight excluding hydrogens is 186 g/mol. The van der Waals surface area contributed by atoms with Gasteiger partial charge >= 0.3 is 0 Å². The minimum atomic E-state index is -0.0607. The van der Waals surface area contributed by atoms with Crippen LogP contribution in [0.5, 0.6) is 5.75 Å². The van der Waals surface area contributed by atoms with E-state index in [1.807, 2.05) is 30.3 Å². The van der Waals surface area contributed by atoms with E-state index in [0.717, 1.165) is 25.0 Å². The summed E-state index contributed by atoms with van der Waals surface area (Å²) < 4.78 is 5.63. The summed E-state index contributed by atoms with van der Waals surface area (Å²) in [6.45, 7) is 4.96. The average Bonchev–Trinajstić information content (AvgIpc) is 2.30. The Labute approximate surface area is 92.4 Å². The highest BCUT2D eigenvalue weighted by Crippen LogP contribution is 2.17. The number of para-hydroxylation sites is 1. The lowest BCUT2D eigenvalue weighted by Crippen LogP contribution is -2.39. The van der Waals surface area contributed by atoms with E-state index in [1.54, 1.807) is 0 Å². The van der Waals surface area contributed by atoms with Gasteiger partial charge in [-0.25, -0.2) is 0 Å². The first-order chi connectivity index (χ1) is 7.20. The molecule has 0 aliphatic rings. The number of rotatable bonds is 6. The van der Waals surface area contributed by atoms with Crippen molar-refractivity contribution < 1.29 is 4.74 Å². The van der Waals surface area contributed by atoms with Gasteiger partial charge in [-0.05, 0) is 31.4 Å². The second-order valence-electron chi connectivity index (χ2n) is 3.98. The monoisotopic (exact) mass is 207 g/mol. The molecule has 0 bridgehead atoms. The van der Waals surface area contributed by atoms with Crippen molar-refractivity contribution in [2.45, 2.75) is 38.6 Å². The van der Waals surface area contributed by atoms with Crippen LogP contribution in [0.2, 0.25) is 0 Å². The fraction of sp³-hybridized carbons (Fsp3) is 0.538. The highest BCUT2D eigenvalue weighted by Gasteiger charge is 2.19. The van der Waals surface area contributed by atoms with Crippen LogP contribution < -0.4 is 10.5 Å². The van der Waals surface area contributed by atoms with Crippen molar-refractivity contribution in [3.05, 3.63) is 30.3 Å². The van der Waals surface area contributed by atoms with E-state index in [-0.39, 0.29) is 5.54 Å². The van der Waals surface area contributed by atoms with Gasteiger partial charge in [-0.3, -0.25) is 0 Å². The predicted octanol–water partition coefficient (Wildman–Crippen LogP) is 2.97. The molecule has 0 heterocycles. The first-order valence-electron chi connectivity index (χ1n) is 5.67. The van der Waals surface area contributed by atoms with Crippen molar-refractivity contribution in [2.24, 2.45) is 5.73 Å². The third-order valence-corrected chi connectivity index (χ3v) is 3.02. The lowest BCUT2D eigenvalue weighted by atomic mass is 9.91. The van der Waals surface area contributed by atoms with E-state index in [1.165, 1.54) is 0 Å². The smallest absolute Gasteiger partial charge is 0.119 e. The van der Waals surface area contributed by atoms with Gasteiger partial charge in [0.05, 0.1) is 6.61 Å². The van der Waals surface area contributed by atoms with E-state index in [0.29, 0.717) is 6.61 Å². The molecule has 2 heteroatoms. The summed E-state index contributed by atoms with van der Waals surface area (Å²) in [5, 5.41) is 0. The first-order valence-corrected chi connectivity index (χ1v) is 5.67. The van der Waals surface area contributed by atoms with Gasteiger partial charge in [-0.15, -0.1) is 0 Å². The van der Waals surface area contributed by atoms with Crippen molar-refractivity contribution in [1.82, 2.24) is 0 Å². The normalized spacial score (nSPS) is 11.4. The topological polar surface area (TPSA) is 35.2 Å². The van der Waals surface area contributed by atoms with Crippen LogP contribution in [0, 0.1) is 0 Å². The molecule has 0 unspecified atom stereocenters. The summed E-state index contributed by atoms with van der Waals surface area (Å²) in [7, 11) is 0. The van der Waals surface area contributed by atoms with Crippen LogP contribution in [0.25, 0.3) is 0 Å². The van der Waals surface area contributed by atoms with Crippen LogP contribution in [0.1, 0.15) is 33.1 Å². The molecule has 0 fully saturated rings. The number of nitrogens with two attached hydrogens (primary N) is 1. The van der Waals surface area contributed by atoms with Gasteiger partial charge in [0.25, 0.3) is 0 Å². The molecule has 1 aromatic carbocycles.